The van der Waals surface area contributed by atoms with Gasteiger partial charge in [-0.2, -0.15) is 0 Å². The normalized spacial score (nSPS) is 17.9. The van der Waals surface area contributed by atoms with Gasteiger partial charge in [0.05, 0.1) is 23.2 Å². The molecule has 1 aliphatic rings. The first-order valence-electron chi connectivity index (χ1n) is 6.77. The van der Waals surface area contributed by atoms with E-state index in [2.05, 4.69) is 25.3 Å². The molecule has 1 fully saturated rings. The van der Waals surface area contributed by atoms with Gasteiger partial charge < -0.3 is 15.4 Å². The summed E-state index contributed by atoms with van der Waals surface area (Å²) in [5, 5.41) is 9.76. The molecule has 1 aromatic heterocycles. The van der Waals surface area contributed by atoms with Gasteiger partial charge in [-0.3, -0.25) is 0 Å². The van der Waals surface area contributed by atoms with Gasteiger partial charge in [0.2, 0.25) is 0 Å². The van der Waals surface area contributed by atoms with Crippen LogP contribution in [0.3, 0.4) is 0 Å². The van der Waals surface area contributed by atoms with E-state index in [9.17, 15) is 5.11 Å². The quantitative estimate of drug-likeness (QED) is 0.814. The second-order valence-corrected chi connectivity index (χ2v) is 6.65. The highest BCUT2D eigenvalue weighted by molar-refractivity contribution is 5.80. The van der Waals surface area contributed by atoms with Crippen LogP contribution in [0.4, 0.5) is 5.69 Å². The van der Waals surface area contributed by atoms with Crippen LogP contribution in [0.15, 0.2) is 18.2 Å². The highest BCUT2D eigenvalue weighted by Crippen LogP contribution is 2.47. The molecule has 0 bridgehead atoms. The number of fused-ring (bicyclic) bond motifs is 1. The number of nitrogen functional groups attached to an aromatic ring is 1. The van der Waals surface area contributed by atoms with E-state index in [-0.39, 0.29) is 17.6 Å². The van der Waals surface area contributed by atoms with Crippen molar-refractivity contribution in [3.05, 3.63) is 24.0 Å². The first kappa shape index (κ1) is 12.5. The summed E-state index contributed by atoms with van der Waals surface area (Å²) in [6.45, 7) is 6.64. The summed E-state index contributed by atoms with van der Waals surface area (Å²) in [5.41, 5.74) is 8.37. The van der Waals surface area contributed by atoms with Crippen molar-refractivity contribution in [3.8, 4) is 0 Å². The van der Waals surface area contributed by atoms with Gasteiger partial charge in [0, 0.05) is 11.1 Å². The van der Waals surface area contributed by atoms with Crippen LogP contribution in [0, 0.1) is 0 Å². The zero-order valence-corrected chi connectivity index (χ0v) is 11.8. The Morgan fingerprint density at radius 1 is 1.37 bits per heavy atom. The van der Waals surface area contributed by atoms with Crippen LogP contribution in [-0.4, -0.2) is 21.3 Å². The number of hydrogen-bond acceptors (Lipinski definition) is 3. The third-order valence-corrected chi connectivity index (χ3v) is 3.95. The monoisotopic (exact) mass is 259 g/mol. The van der Waals surface area contributed by atoms with Crippen LogP contribution in [0.2, 0.25) is 0 Å². The Hall–Kier alpha value is -1.55. The molecule has 102 valence electrons. The highest BCUT2D eigenvalue weighted by Gasteiger charge is 2.47. The van der Waals surface area contributed by atoms with Crippen LogP contribution in [0.1, 0.15) is 39.4 Å². The maximum atomic E-state index is 9.76. The highest BCUT2D eigenvalue weighted by atomic mass is 16.3. The summed E-state index contributed by atoms with van der Waals surface area (Å²) in [5.74, 6) is 1.03. The maximum Gasteiger partial charge on any atom is 0.115 e. The Morgan fingerprint density at radius 2 is 2.05 bits per heavy atom. The van der Waals surface area contributed by atoms with E-state index < -0.39 is 0 Å². The van der Waals surface area contributed by atoms with Crippen LogP contribution >= 0.6 is 0 Å². The molecule has 1 aliphatic carbocycles. The van der Waals surface area contributed by atoms with E-state index in [4.69, 9.17) is 10.7 Å². The lowest BCUT2D eigenvalue weighted by Gasteiger charge is -2.25. The number of imidazole rings is 1. The molecule has 19 heavy (non-hydrogen) atoms. The largest absolute Gasteiger partial charge is 0.399 e. The maximum absolute atomic E-state index is 9.76. The first-order chi connectivity index (χ1) is 8.87. The molecule has 4 heteroatoms. The van der Waals surface area contributed by atoms with Crippen molar-refractivity contribution in [2.24, 2.45) is 0 Å². The molecule has 4 nitrogen and oxygen atoms in total. The van der Waals surface area contributed by atoms with Crippen molar-refractivity contribution in [2.75, 3.05) is 12.3 Å². The van der Waals surface area contributed by atoms with Gasteiger partial charge in [-0.05, 0) is 31.0 Å². The van der Waals surface area contributed by atoms with Gasteiger partial charge in [0.15, 0.2) is 0 Å². The van der Waals surface area contributed by atoms with Gasteiger partial charge in [-0.15, -0.1) is 0 Å². The SMILES string of the molecule is CC(C)(C)c1nc2cc(N)ccc2n1C1(CO)CC1. The van der Waals surface area contributed by atoms with Crippen LogP contribution in [0.25, 0.3) is 11.0 Å². The van der Waals surface area contributed by atoms with Crippen molar-refractivity contribution >= 4 is 16.7 Å². The third-order valence-electron chi connectivity index (χ3n) is 3.95. The van der Waals surface area contributed by atoms with Crippen molar-refractivity contribution < 1.29 is 5.11 Å². The summed E-state index contributed by atoms with van der Waals surface area (Å²) in [7, 11) is 0. The molecule has 0 amide bonds. The Morgan fingerprint density at radius 3 is 2.58 bits per heavy atom. The summed E-state index contributed by atoms with van der Waals surface area (Å²) < 4.78 is 2.24. The van der Waals surface area contributed by atoms with E-state index in [0.29, 0.717) is 0 Å². The van der Waals surface area contributed by atoms with Crippen molar-refractivity contribution in [2.45, 2.75) is 44.6 Å². The number of nitrogens with two attached hydrogens (primary N) is 1. The number of hydrogen-bond donors (Lipinski definition) is 2. The fourth-order valence-corrected chi connectivity index (χ4v) is 2.68. The minimum Gasteiger partial charge on any atom is -0.399 e. The molecule has 3 rings (SSSR count). The zero-order valence-electron chi connectivity index (χ0n) is 11.8. The number of aliphatic hydroxyl groups is 1. The van der Waals surface area contributed by atoms with Crippen LogP contribution in [0.5, 0.6) is 0 Å². The van der Waals surface area contributed by atoms with Gasteiger partial charge in [0.1, 0.15) is 5.82 Å². The van der Waals surface area contributed by atoms with Crippen molar-refractivity contribution in [1.82, 2.24) is 9.55 Å². The predicted octanol–water partition coefficient (Wildman–Crippen LogP) is 2.40. The smallest absolute Gasteiger partial charge is 0.115 e. The molecule has 1 aromatic carbocycles. The van der Waals surface area contributed by atoms with Gasteiger partial charge in [-0.1, -0.05) is 20.8 Å². The molecular formula is C15H21N3O. The lowest BCUT2D eigenvalue weighted by molar-refractivity contribution is 0.210. The molecule has 0 aliphatic heterocycles. The van der Waals surface area contributed by atoms with Crippen molar-refractivity contribution in [1.29, 1.82) is 0 Å². The molecule has 2 aromatic rings. The summed E-state index contributed by atoms with van der Waals surface area (Å²) >= 11 is 0. The van der Waals surface area contributed by atoms with E-state index >= 15 is 0 Å². The Balaban J connectivity index is 2.32. The Labute approximate surface area is 113 Å². The number of aliphatic hydroxyl groups excluding tert-OH is 1. The van der Waals surface area contributed by atoms with E-state index in [1.54, 1.807) is 0 Å². The predicted molar refractivity (Wildman–Crippen MR) is 77.1 cm³/mol. The minimum absolute atomic E-state index is 0.0570. The molecule has 1 heterocycles. The molecule has 0 unspecified atom stereocenters. The average molecular weight is 259 g/mol. The standard InChI is InChI=1S/C15H21N3O/c1-14(2,3)13-17-11-8-10(16)4-5-12(11)18(13)15(9-19)6-7-15/h4-5,8,19H,6-7,9,16H2,1-3H3. The molecular weight excluding hydrogens is 238 g/mol. The van der Waals surface area contributed by atoms with Gasteiger partial charge in [-0.25, -0.2) is 4.98 Å². The number of benzene rings is 1. The lowest BCUT2D eigenvalue weighted by Crippen LogP contribution is -2.29. The summed E-state index contributed by atoms with van der Waals surface area (Å²) in [6, 6.07) is 5.83. The van der Waals surface area contributed by atoms with Crippen molar-refractivity contribution in [3.63, 3.8) is 0 Å². The molecule has 0 radical (unpaired) electrons. The second kappa shape index (κ2) is 3.73. The zero-order chi connectivity index (χ0) is 13.8. The fraction of sp³-hybridized carbons (Fsp3) is 0.533. The first-order valence-corrected chi connectivity index (χ1v) is 6.77. The van der Waals surface area contributed by atoms with E-state index in [0.717, 1.165) is 35.4 Å². The van der Waals surface area contributed by atoms with E-state index in [1.165, 1.54) is 0 Å². The molecule has 0 saturated heterocycles. The molecule has 1 saturated carbocycles. The van der Waals surface area contributed by atoms with E-state index in [1.807, 2.05) is 18.2 Å². The number of nitrogens with zero attached hydrogens (tertiary/aromatic N) is 2. The molecule has 3 N–H and O–H groups in total. The summed E-state index contributed by atoms with van der Waals surface area (Å²) in [6.07, 6.45) is 2.03. The number of anilines is 1. The molecule has 0 atom stereocenters. The summed E-state index contributed by atoms with van der Waals surface area (Å²) in [4.78, 5) is 4.77. The lowest BCUT2D eigenvalue weighted by atomic mass is 9.95. The van der Waals surface area contributed by atoms with Crippen LogP contribution in [-0.2, 0) is 11.0 Å². The van der Waals surface area contributed by atoms with Crippen LogP contribution < -0.4 is 5.73 Å². The second-order valence-electron chi connectivity index (χ2n) is 6.65. The number of rotatable bonds is 2. The van der Waals surface area contributed by atoms with Gasteiger partial charge >= 0.3 is 0 Å². The average Bonchev–Trinajstić information content (AvgIpc) is 3.02. The topological polar surface area (TPSA) is 64.1 Å². The third kappa shape index (κ3) is 1.82. The Bertz CT molecular complexity index is 633. The molecule has 0 spiro atoms. The number of aromatic nitrogens is 2. The minimum atomic E-state index is -0.145. The van der Waals surface area contributed by atoms with Gasteiger partial charge in [0.25, 0.3) is 0 Å². The fourth-order valence-electron chi connectivity index (χ4n) is 2.68. The Kier molecular flexibility index (Phi) is 2.45.